The van der Waals surface area contributed by atoms with Gasteiger partial charge in [-0.05, 0) is 140 Å². The number of aromatic nitrogens is 16. The second-order valence-corrected chi connectivity index (χ2v) is 36.4. The maximum atomic E-state index is 12.5. The number of ether oxygens (including phenoxy) is 9. The average molecular weight is 2050 g/mol. The van der Waals surface area contributed by atoms with Gasteiger partial charge in [0.2, 0.25) is 5.91 Å². The number of aliphatic hydroxyl groups is 2. The number of carbonyl (C=O) groups excluding carboxylic acids is 2. The lowest BCUT2D eigenvalue weighted by Crippen LogP contribution is -2.45. The van der Waals surface area contributed by atoms with Crippen LogP contribution >= 0.6 is 25.1 Å². The zero-order valence-electron chi connectivity index (χ0n) is 86.6. The summed E-state index contributed by atoms with van der Waals surface area (Å²) in [4.78, 5) is 82.0. The molecule has 2 unspecified atom stereocenters. The highest BCUT2D eigenvalue weighted by molar-refractivity contribution is 7.59. The van der Waals surface area contributed by atoms with Crippen molar-refractivity contribution in [1.29, 1.82) is 0 Å². The summed E-state index contributed by atoms with van der Waals surface area (Å²) in [5.74, 6) is 5.03. The van der Waals surface area contributed by atoms with Crippen LogP contribution in [0.2, 0.25) is 0 Å². The fourth-order valence-corrected chi connectivity index (χ4v) is 17.6. The minimum atomic E-state index is -0.889. The van der Waals surface area contributed by atoms with Crippen molar-refractivity contribution in [3.05, 3.63) is 220 Å². The number of rotatable bonds is 39. The molecule has 3 N–H and O–H groups in total. The number of halogens is 1. The van der Waals surface area contributed by atoms with Gasteiger partial charge >= 0.3 is 6.09 Å². The van der Waals surface area contributed by atoms with Crippen molar-refractivity contribution in [2.75, 3.05) is 155 Å². The normalized spacial score (nSPS) is 13.5. The van der Waals surface area contributed by atoms with Crippen LogP contribution in [0.1, 0.15) is 66.8 Å². The fourth-order valence-electron chi connectivity index (χ4n) is 17.5. The predicted octanol–water partition coefficient (Wildman–Crippen LogP) is 17.0. The zero-order valence-corrected chi connectivity index (χ0v) is 88.4. The van der Waals surface area contributed by atoms with Crippen LogP contribution in [0.15, 0.2) is 220 Å². The Morgan fingerprint density at radius 1 is 0.453 bits per heavy atom. The molecule has 0 aliphatic carbocycles. The van der Waals surface area contributed by atoms with Gasteiger partial charge in [-0.25, -0.2) is 30.2 Å². The first-order chi connectivity index (χ1) is 71.1. The van der Waals surface area contributed by atoms with Crippen molar-refractivity contribution in [2.45, 2.75) is 97.2 Å². The molecule has 2 aliphatic rings. The number of hydrogen-bond donors (Lipinski definition) is 3. The highest BCUT2D eigenvalue weighted by Crippen LogP contribution is 2.42. The minimum absolute atomic E-state index is 0. The molecule has 8 aromatic carbocycles. The zero-order chi connectivity index (χ0) is 104. The van der Waals surface area contributed by atoms with Crippen molar-refractivity contribution in [3.63, 3.8) is 0 Å². The van der Waals surface area contributed by atoms with Gasteiger partial charge in [-0.2, -0.15) is 33.9 Å². The number of carbonyl (C=O) groups is 2. The van der Waals surface area contributed by atoms with Crippen molar-refractivity contribution in [1.82, 2.24) is 99.2 Å². The topological polar surface area (TPSA) is 376 Å². The Labute approximate surface area is 872 Å². The molecule has 16 aromatic rings. The van der Waals surface area contributed by atoms with E-state index in [1.165, 1.54) is 0 Å². The number of cyclic esters (lactones) is 1. The van der Waals surface area contributed by atoms with Crippen LogP contribution in [-0.4, -0.2) is 282 Å². The lowest BCUT2D eigenvalue weighted by atomic mass is 10.1. The number of aryl methyl sites for hydroxylation is 3. The van der Waals surface area contributed by atoms with Crippen LogP contribution in [0.3, 0.4) is 0 Å². The number of nitrogens with one attached hydrogen (secondary N) is 1. The predicted molar refractivity (Wildman–Crippen MR) is 580 cm³/mol. The van der Waals surface area contributed by atoms with E-state index in [-0.39, 0.29) is 81.3 Å². The molecule has 18 rings (SSSR count). The van der Waals surface area contributed by atoms with Crippen LogP contribution in [-0.2, 0) is 35.5 Å². The minimum Gasteiger partial charge on any atom is -0.497 e. The monoisotopic (exact) mass is 2050 g/mol. The summed E-state index contributed by atoms with van der Waals surface area (Å²) < 4.78 is 57.0. The molecule has 38 nitrogen and oxygen atoms in total. The SMILES string of the molecule is CONCCN(c1cc(OC)cc(OC)c1)c1ccc2ncc(-c3cnn(C)c3)nc2c1.COc1cc(OC)cc(N(CC(O)CN(C(=O)CCl)C(C)C)c2ccc3ncc(-c4cnn(C)c4)nc3c2)c1.COc1cc(OC)cc(N(CC2CN(C(C)C)C(=O)O2)c2ccc3ncc(-c4cnn(C)c4)nc3c2)c1.COc1cc(OC)cc(N(CCCN2CCC[C@H]2CO)c2ccc3ncc(-c4cnn(C(C)C)c4)nc3c2)c1.S. The van der Waals surface area contributed by atoms with Crippen LogP contribution in [0, 0.1) is 0 Å². The van der Waals surface area contributed by atoms with E-state index in [1.54, 1.807) is 131 Å². The molecule has 8 aromatic heterocycles. The molecule has 778 valence electrons. The van der Waals surface area contributed by atoms with Crippen LogP contribution in [0.5, 0.6) is 46.0 Å². The number of amides is 2. The molecule has 2 amide bonds. The summed E-state index contributed by atoms with van der Waals surface area (Å²) in [5.41, 5.74) is 22.9. The van der Waals surface area contributed by atoms with E-state index in [2.05, 4.69) is 91.4 Å². The lowest BCUT2D eigenvalue weighted by Gasteiger charge is -2.32. The van der Waals surface area contributed by atoms with Gasteiger partial charge in [0.1, 0.15) is 58.0 Å². The van der Waals surface area contributed by atoms with Crippen LogP contribution in [0.4, 0.5) is 50.3 Å². The smallest absolute Gasteiger partial charge is 0.410 e. The second kappa shape index (κ2) is 50.7. The van der Waals surface area contributed by atoms with E-state index in [0.717, 1.165) is 174 Å². The number of benzene rings is 8. The van der Waals surface area contributed by atoms with Gasteiger partial charge in [-0.3, -0.25) is 48.4 Å². The summed E-state index contributed by atoms with van der Waals surface area (Å²) in [5, 5.41) is 38.1. The van der Waals surface area contributed by atoms with E-state index in [4.69, 9.17) is 79.0 Å². The highest BCUT2D eigenvalue weighted by atomic mass is 35.5. The molecule has 10 heterocycles. The first kappa shape index (κ1) is 108. The Kier molecular flexibility index (Phi) is 37.2. The standard InChI is InChI=1S/C30H38N6O3.C28H33ClN6O4.C27H30N6O4.C23H26N6O3.H2S/c1-21(2)36-19-22(17-32-36)30-18-31-28-9-8-23(15-29(28)33-30)35(12-6-11-34-10-5-7-24(34)20-37)25-13-26(38-3)16-27(14-25)39-4;1-18(2)34(28(37)12-29)16-22(36)17-35(21-8-23(38-4)11-24(9-21)39-5)20-6-7-25-26(10-20)32-27(14-30-25)19-13-31-33(3)15-19;1-17(2)32-15-23(37-27(32)34)16-33(20-8-21(35-4)11-22(9-20)36-5)19-6-7-24-25(10-19)30-26(13-28-24)18-12-29-31(3)14-18;1-28-15-16(13-25-28)23-14-24-21-6-5-17(11-22(21)27-23)29(8-7-26-32-4)18-9-19(30-2)12-20(10-18)31-3;/h8-9,13-19,21,24,37H,5-7,10-12,20H2,1-4H3;6-11,13-15,18,22,36H,12,16-17H2,1-5H3;6-14,17,23H,15-16H2,1-5H3;5-6,9-15,26H,7-8H2,1-4H3;1H2/t24-;;;;/m0..../s1. The first-order valence-corrected chi connectivity index (χ1v) is 48.9. The molecular formula is C108H129ClN24O14S. The molecule has 40 heteroatoms. The number of likely N-dealkylation sites (tertiary alicyclic amines) is 1. The third-order valence-corrected chi connectivity index (χ3v) is 25.5. The van der Waals surface area contributed by atoms with Crippen molar-refractivity contribution in [2.24, 2.45) is 21.1 Å². The molecule has 3 atom stereocenters. The van der Waals surface area contributed by atoms with Gasteiger partial charge in [-0.1, -0.05) is 0 Å². The third kappa shape index (κ3) is 27.0. The highest BCUT2D eigenvalue weighted by Gasteiger charge is 2.36. The largest absolute Gasteiger partial charge is 0.497 e. The summed E-state index contributed by atoms with van der Waals surface area (Å²) in [6.45, 7) is 17.4. The van der Waals surface area contributed by atoms with E-state index >= 15 is 0 Å². The average Bonchev–Trinajstić information content (AvgIpc) is 1.80. The van der Waals surface area contributed by atoms with Gasteiger partial charge in [0, 0.05) is 243 Å². The molecule has 148 heavy (non-hydrogen) atoms. The van der Waals surface area contributed by atoms with Crippen LogP contribution in [0.25, 0.3) is 89.2 Å². The Hall–Kier alpha value is -15.3. The molecule has 0 saturated carbocycles. The molecule has 2 fully saturated rings. The van der Waals surface area contributed by atoms with Gasteiger partial charge in [0.05, 0.1) is 213 Å². The van der Waals surface area contributed by atoms with Crippen molar-refractivity contribution >= 4 is 127 Å². The Balaban J connectivity index is 0.000000156. The number of aliphatic hydroxyl groups excluding tert-OH is 2. The van der Waals surface area contributed by atoms with E-state index in [0.29, 0.717) is 71.9 Å². The van der Waals surface area contributed by atoms with Gasteiger partial charge in [0.25, 0.3) is 0 Å². The molecule has 2 aliphatic heterocycles. The van der Waals surface area contributed by atoms with Gasteiger partial charge in [-0.15, -0.1) is 11.6 Å². The van der Waals surface area contributed by atoms with E-state index in [9.17, 15) is 19.8 Å². The van der Waals surface area contributed by atoms with Gasteiger partial charge < -0.3 is 87.1 Å². The number of fused-ring (bicyclic) bond motifs is 4. The fraction of sp³-hybridized carbons (Fsp3) is 0.352. The van der Waals surface area contributed by atoms with Crippen LogP contribution < -0.4 is 63.0 Å². The number of methoxy groups -OCH3 is 8. The molecule has 0 radical (unpaired) electrons. The third-order valence-electron chi connectivity index (χ3n) is 25.3. The second-order valence-electron chi connectivity index (χ2n) is 36.2. The quantitative estimate of drug-likeness (QED) is 0.0183. The number of hydroxylamine groups is 1. The maximum Gasteiger partial charge on any atom is 0.410 e. The number of alkyl halides is 1. The number of nitrogens with zero attached hydrogens (tertiary/aromatic N) is 23. The summed E-state index contributed by atoms with van der Waals surface area (Å²) in [7, 11) is 20.2. The Bertz CT molecular complexity index is 7080. The van der Waals surface area contributed by atoms with Gasteiger partial charge in [0.15, 0.2) is 0 Å². The van der Waals surface area contributed by atoms with Crippen molar-refractivity contribution < 1.29 is 67.3 Å². The number of hydrogen-bond acceptors (Lipinski definition) is 32. The number of anilines is 8. The lowest BCUT2D eigenvalue weighted by molar-refractivity contribution is -0.131. The Morgan fingerprint density at radius 3 is 1.16 bits per heavy atom. The Morgan fingerprint density at radius 2 is 0.818 bits per heavy atom. The summed E-state index contributed by atoms with van der Waals surface area (Å²) >= 11 is 5.82. The summed E-state index contributed by atoms with van der Waals surface area (Å²) in [6.07, 6.45) is 23.5. The summed E-state index contributed by atoms with van der Waals surface area (Å²) in [6, 6.07) is 47.3. The molecule has 0 spiro atoms. The van der Waals surface area contributed by atoms with E-state index in [1.807, 2.05) is 223 Å². The molecule has 2 saturated heterocycles. The molecular weight excluding hydrogens is 1920 g/mol. The molecule has 0 bridgehead atoms. The first-order valence-electron chi connectivity index (χ1n) is 48.4. The van der Waals surface area contributed by atoms with E-state index < -0.39 is 6.10 Å². The van der Waals surface area contributed by atoms with Crippen molar-refractivity contribution in [3.8, 4) is 91.0 Å². The maximum absolute atomic E-state index is 12.5.